The number of hydrogen-bond donors (Lipinski definition) is 1. The summed E-state index contributed by atoms with van der Waals surface area (Å²) in [5.41, 5.74) is -0.786. The van der Waals surface area contributed by atoms with Crippen molar-refractivity contribution in [3.8, 4) is 0 Å². The molecule has 0 heterocycles. The normalized spacial score (nSPS) is 15.8. The van der Waals surface area contributed by atoms with Crippen LogP contribution in [-0.4, -0.2) is 17.7 Å². The van der Waals surface area contributed by atoms with Crippen LogP contribution in [0, 0.1) is 5.92 Å². The number of halogens is 1. The molecule has 1 aromatic rings. The maximum Gasteiger partial charge on any atom is 0.312 e. The molecule has 1 rings (SSSR count). The molecule has 18 heavy (non-hydrogen) atoms. The molecule has 1 aromatic carbocycles. The van der Waals surface area contributed by atoms with Gasteiger partial charge in [-0.25, -0.2) is 0 Å². The van der Waals surface area contributed by atoms with Gasteiger partial charge in [0.05, 0.1) is 12.5 Å². The van der Waals surface area contributed by atoms with Crippen molar-refractivity contribution in [3.63, 3.8) is 0 Å². The molecule has 4 heteroatoms. The van der Waals surface area contributed by atoms with Gasteiger partial charge in [0.15, 0.2) is 0 Å². The van der Waals surface area contributed by atoms with Crippen molar-refractivity contribution in [2.45, 2.75) is 32.8 Å². The van der Waals surface area contributed by atoms with Crippen molar-refractivity contribution in [1.82, 2.24) is 0 Å². The highest BCUT2D eigenvalue weighted by atomic mass is 35.5. The Morgan fingerprint density at radius 2 is 2.06 bits per heavy atom. The number of benzene rings is 1. The van der Waals surface area contributed by atoms with Crippen LogP contribution in [0.3, 0.4) is 0 Å². The average molecular weight is 271 g/mol. The van der Waals surface area contributed by atoms with Gasteiger partial charge in [-0.05, 0) is 26.3 Å². The number of aliphatic hydroxyl groups is 1. The summed E-state index contributed by atoms with van der Waals surface area (Å²) in [6.45, 7) is 5.48. The molecule has 100 valence electrons. The van der Waals surface area contributed by atoms with Gasteiger partial charge in [-0.3, -0.25) is 4.79 Å². The van der Waals surface area contributed by atoms with Gasteiger partial charge in [0, 0.05) is 10.6 Å². The molecule has 0 radical (unpaired) electrons. The smallest absolute Gasteiger partial charge is 0.312 e. The molecular formula is C14H19ClO3. The van der Waals surface area contributed by atoms with Crippen molar-refractivity contribution in [2.24, 2.45) is 5.92 Å². The predicted octanol–water partition coefficient (Wildman–Crippen LogP) is 3.14. The highest BCUT2D eigenvalue weighted by Gasteiger charge is 2.39. The number of hydrogen-bond acceptors (Lipinski definition) is 3. The third-order valence-electron chi connectivity index (χ3n) is 3.08. The Hall–Kier alpha value is -1.06. The summed E-state index contributed by atoms with van der Waals surface area (Å²) >= 11 is 6.08. The third kappa shape index (κ3) is 3.03. The molecule has 2 atom stereocenters. The molecule has 0 aromatic heterocycles. The zero-order chi connectivity index (χ0) is 13.8. The number of ether oxygens (including phenoxy) is 1. The Morgan fingerprint density at radius 3 is 2.56 bits per heavy atom. The van der Waals surface area contributed by atoms with Crippen LogP contribution in [0.25, 0.3) is 0 Å². The maximum atomic E-state index is 11.9. The minimum Gasteiger partial charge on any atom is -0.466 e. The number of carbonyl (C=O) groups is 1. The van der Waals surface area contributed by atoms with Crippen LogP contribution < -0.4 is 0 Å². The van der Waals surface area contributed by atoms with Crippen LogP contribution in [0.15, 0.2) is 24.3 Å². The summed E-state index contributed by atoms with van der Waals surface area (Å²) in [5.74, 6) is -1.03. The van der Waals surface area contributed by atoms with Crippen molar-refractivity contribution in [1.29, 1.82) is 0 Å². The SMILES string of the molecule is CCOC(=O)C(CC)C(C)(O)c1ccccc1Cl. The molecule has 0 aliphatic rings. The Morgan fingerprint density at radius 1 is 1.44 bits per heavy atom. The third-order valence-corrected chi connectivity index (χ3v) is 3.41. The van der Waals surface area contributed by atoms with Crippen molar-refractivity contribution in [3.05, 3.63) is 34.9 Å². The fourth-order valence-corrected chi connectivity index (χ4v) is 2.42. The Labute approximate surface area is 113 Å². The summed E-state index contributed by atoms with van der Waals surface area (Å²) in [7, 11) is 0. The van der Waals surface area contributed by atoms with Crippen molar-refractivity contribution in [2.75, 3.05) is 6.61 Å². The highest BCUT2D eigenvalue weighted by Crippen LogP contribution is 2.36. The second-order valence-corrected chi connectivity index (χ2v) is 4.75. The van der Waals surface area contributed by atoms with E-state index in [1.165, 1.54) is 0 Å². The van der Waals surface area contributed by atoms with Crippen LogP contribution in [0.2, 0.25) is 5.02 Å². The fraction of sp³-hybridized carbons (Fsp3) is 0.500. The van der Waals surface area contributed by atoms with E-state index in [2.05, 4.69) is 0 Å². The lowest BCUT2D eigenvalue weighted by Gasteiger charge is -2.31. The molecule has 0 spiro atoms. The van der Waals surface area contributed by atoms with Crippen LogP contribution in [0.1, 0.15) is 32.8 Å². The molecule has 1 N–H and O–H groups in total. The van der Waals surface area contributed by atoms with Crippen molar-refractivity contribution < 1.29 is 14.6 Å². The number of esters is 1. The van der Waals surface area contributed by atoms with E-state index in [4.69, 9.17) is 16.3 Å². The Balaban J connectivity index is 3.10. The van der Waals surface area contributed by atoms with Crippen LogP contribution in [0.5, 0.6) is 0 Å². The molecule has 0 fully saturated rings. The molecular weight excluding hydrogens is 252 g/mol. The van der Waals surface area contributed by atoms with Gasteiger partial charge >= 0.3 is 5.97 Å². The summed E-state index contributed by atoms with van der Waals surface area (Å²) in [5, 5.41) is 11.1. The molecule has 3 nitrogen and oxygen atoms in total. The average Bonchev–Trinajstić information content (AvgIpc) is 2.30. The van der Waals surface area contributed by atoms with E-state index in [1.54, 1.807) is 38.1 Å². The van der Waals surface area contributed by atoms with E-state index in [-0.39, 0.29) is 0 Å². The van der Waals surface area contributed by atoms with Gasteiger partial charge in [0.25, 0.3) is 0 Å². The molecule has 0 saturated heterocycles. The minimum absolute atomic E-state index is 0.300. The van der Waals surface area contributed by atoms with Gasteiger partial charge in [-0.15, -0.1) is 0 Å². The first-order valence-electron chi connectivity index (χ1n) is 6.09. The molecule has 0 saturated carbocycles. The summed E-state index contributed by atoms with van der Waals surface area (Å²) in [4.78, 5) is 11.9. The molecule has 2 unspecified atom stereocenters. The fourth-order valence-electron chi connectivity index (χ4n) is 2.10. The zero-order valence-electron chi connectivity index (χ0n) is 10.9. The predicted molar refractivity (Wildman–Crippen MR) is 71.4 cm³/mol. The first-order chi connectivity index (χ1) is 8.45. The standard InChI is InChI=1S/C14H19ClO3/c1-4-10(13(16)18-5-2)14(3,17)11-8-6-7-9-12(11)15/h6-10,17H,4-5H2,1-3H3. The second kappa shape index (κ2) is 6.21. The van der Waals surface area contributed by atoms with E-state index >= 15 is 0 Å². The van der Waals surface area contributed by atoms with Crippen LogP contribution in [0.4, 0.5) is 0 Å². The highest BCUT2D eigenvalue weighted by molar-refractivity contribution is 6.31. The van der Waals surface area contributed by atoms with E-state index in [1.807, 2.05) is 6.92 Å². The second-order valence-electron chi connectivity index (χ2n) is 4.34. The molecule has 0 aliphatic carbocycles. The monoisotopic (exact) mass is 270 g/mol. The first kappa shape index (κ1) is 15.0. The number of rotatable bonds is 5. The van der Waals surface area contributed by atoms with Crippen LogP contribution in [-0.2, 0) is 15.1 Å². The van der Waals surface area contributed by atoms with Gasteiger partial charge in [0.2, 0.25) is 0 Å². The van der Waals surface area contributed by atoms with E-state index in [9.17, 15) is 9.90 Å². The van der Waals surface area contributed by atoms with Gasteiger partial charge in [-0.1, -0.05) is 36.7 Å². The maximum absolute atomic E-state index is 11.9. The van der Waals surface area contributed by atoms with E-state index < -0.39 is 17.5 Å². The van der Waals surface area contributed by atoms with Gasteiger partial charge in [0.1, 0.15) is 5.60 Å². The summed E-state index contributed by atoms with van der Waals surface area (Å²) in [6.07, 6.45) is 0.483. The summed E-state index contributed by atoms with van der Waals surface area (Å²) < 4.78 is 5.00. The first-order valence-corrected chi connectivity index (χ1v) is 6.46. The zero-order valence-corrected chi connectivity index (χ0v) is 11.7. The minimum atomic E-state index is -1.33. The lowest BCUT2D eigenvalue weighted by atomic mass is 9.81. The lowest BCUT2D eigenvalue weighted by Crippen LogP contribution is -2.38. The largest absolute Gasteiger partial charge is 0.466 e. The summed E-state index contributed by atoms with van der Waals surface area (Å²) in [6, 6.07) is 6.99. The molecule has 0 aliphatic heterocycles. The van der Waals surface area contributed by atoms with Gasteiger partial charge in [-0.2, -0.15) is 0 Å². The number of carbonyl (C=O) groups excluding carboxylic acids is 1. The molecule has 0 bridgehead atoms. The van der Waals surface area contributed by atoms with Crippen molar-refractivity contribution >= 4 is 17.6 Å². The quantitative estimate of drug-likeness (QED) is 0.836. The Kier molecular flexibility index (Phi) is 5.17. The van der Waals surface area contributed by atoms with E-state index in [0.29, 0.717) is 23.6 Å². The van der Waals surface area contributed by atoms with Gasteiger partial charge < -0.3 is 9.84 Å². The topological polar surface area (TPSA) is 46.5 Å². The van der Waals surface area contributed by atoms with Crippen LogP contribution >= 0.6 is 11.6 Å². The Bertz CT molecular complexity index is 415. The molecule has 0 amide bonds. The van der Waals surface area contributed by atoms with E-state index in [0.717, 1.165) is 0 Å². The lowest BCUT2D eigenvalue weighted by molar-refractivity contribution is -0.158.